The van der Waals surface area contributed by atoms with E-state index >= 15 is 0 Å². The molecular weight excluding hydrogens is 273 g/mol. The largest absolute Gasteiger partial charge is 0.452 e. The third-order valence-electron chi connectivity index (χ3n) is 3.43. The highest BCUT2D eigenvalue weighted by atomic mass is 19.1. The number of ketones is 1. The first-order chi connectivity index (χ1) is 10.0. The molecule has 0 radical (unpaired) electrons. The van der Waals surface area contributed by atoms with Gasteiger partial charge in [0.25, 0.3) is 5.78 Å². The van der Waals surface area contributed by atoms with Crippen LogP contribution in [0.15, 0.2) is 22.6 Å². The predicted octanol–water partition coefficient (Wildman–Crippen LogP) is 3.03. The van der Waals surface area contributed by atoms with Crippen LogP contribution in [0.5, 0.6) is 0 Å². The van der Waals surface area contributed by atoms with Crippen LogP contribution < -0.4 is 0 Å². The first kappa shape index (κ1) is 13.5. The van der Waals surface area contributed by atoms with Crippen molar-refractivity contribution in [1.29, 1.82) is 0 Å². The average Bonchev–Trinajstić information content (AvgIpc) is 2.99. The van der Waals surface area contributed by atoms with E-state index in [2.05, 4.69) is 10.2 Å². The van der Waals surface area contributed by atoms with Gasteiger partial charge in [-0.3, -0.25) is 4.79 Å². The molecule has 0 saturated carbocycles. The van der Waals surface area contributed by atoms with Crippen LogP contribution in [0, 0.1) is 19.7 Å². The van der Waals surface area contributed by atoms with Crippen molar-refractivity contribution in [2.45, 2.75) is 27.3 Å². The second kappa shape index (κ2) is 4.80. The Labute approximate surface area is 120 Å². The minimum Gasteiger partial charge on any atom is -0.452 e. The van der Waals surface area contributed by atoms with Crippen LogP contribution in [0.25, 0.3) is 11.0 Å². The van der Waals surface area contributed by atoms with Crippen LogP contribution in [-0.2, 0) is 6.54 Å². The summed E-state index contributed by atoms with van der Waals surface area (Å²) in [6, 6.07) is 4.18. The normalized spacial score (nSPS) is 11.2. The van der Waals surface area contributed by atoms with Crippen molar-refractivity contribution in [1.82, 2.24) is 15.0 Å². The summed E-state index contributed by atoms with van der Waals surface area (Å²) in [7, 11) is 0. The maximum Gasteiger partial charge on any atom is 0.250 e. The number of fused-ring (bicyclic) bond motifs is 1. The Hall–Kier alpha value is -2.50. The lowest BCUT2D eigenvalue weighted by Crippen LogP contribution is -2.05. The molecule has 0 spiro atoms. The molecule has 0 bridgehead atoms. The fourth-order valence-corrected chi connectivity index (χ4v) is 2.30. The molecule has 6 heteroatoms. The number of hydrogen-bond donors (Lipinski definition) is 0. The molecule has 108 valence electrons. The number of aryl methyl sites for hydroxylation is 3. The third-order valence-corrected chi connectivity index (χ3v) is 3.43. The van der Waals surface area contributed by atoms with Gasteiger partial charge in [0.2, 0.25) is 0 Å². The summed E-state index contributed by atoms with van der Waals surface area (Å²) >= 11 is 0. The zero-order valence-electron chi connectivity index (χ0n) is 12.0. The molecule has 21 heavy (non-hydrogen) atoms. The van der Waals surface area contributed by atoms with E-state index in [9.17, 15) is 9.18 Å². The number of benzene rings is 1. The van der Waals surface area contributed by atoms with E-state index in [1.54, 1.807) is 13.8 Å². The van der Waals surface area contributed by atoms with E-state index in [1.807, 2.05) is 6.92 Å². The van der Waals surface area contributed by atoms with Crippen molar-refractivity contribution >= 4 is 16.8 Å². The summed E-state index contributed by atoms with van der Waals surface area (Å²) in [5.74, 6) is -0.512. The maximum atomic E-state index is 13.3. The van der Waals surface area contributed by atoms with E-state index < -0.39 is 0 Å². The van der Waals surface area contributed by atoms with Gasteiger partial charge in [-0.25, -0.2) is 4.39 Å². The Kier molecular flexibility index (Phi) is 3.08. The molecule has 0 aliphatic heterocycles. The first-order valence-electron chi connectivity index (χ1n) is 6.66. The fraction of sp³-hybridized carbons (Fsp3) is 0.267. The van der Waals surface area contributed by atoms with Gasteiger partial charge in [-0.05, 0) is 39.0 Å². The summed E-state index contributed by atoms with van der Waals surface area (Å²) in [4.78, 5) is 14.0. The van der Waals surface area contributed by atoms with Crippen LogP contribution in [0.3, 0.4) is 0 Å². The van der Waals surface area contributed by atoms with E-state index in [1.165, 1.54) is 23.0 Å². The number of nitrogens with zero attached hydrogens (tertiary/aromatic N) is 3. The molecule has 3 aromatic rings. The van der Waals surface area contributed by atoms with Gasteiger partial charge in [0.1, 0.15) is 11.4 Å². The SMILES string of the molecule is CCn1nc(C)c(C(=O)c2oc3ccc(F)cc3c2C)n1. The van der Waals surface area contributed by atoms with Gasteiger partial charge in [-0.1, -0.05) is 0 Å². The van der Waals surface area contributed by atoms with Gasteiger partial charge in [0.15, 0.2) is 11.5 Å². The van der Waals surface area contributed by atoms with Crippen molar-refractivity contribution in [3.63, 3.8) is 0 Å². The Morgan fingerprint density at radius 3 is 2.76 bits per heavy atom. The minimum absolute atomic E-state index is 0.182. The molecule has 2 heterocycles. The smallest absolute Gasteiger partial charge is 0.250 e. The zero-order chi connectivity index (χ0) is 15.1. The van der Waals surface area contributed by atoms with Crippen LogP contribution in [0.2, 0.25) is 0 Å². The Morgan fingerprint density at radius 2 is 2.10 bits per heavy atom. The first-order valence-corrected chi connectivity index (χ1v) is 6.66. The van der Waals surface area contributed by atoms with Crippen LogP contribution in [0.1, 0.15) is 34.4 Å². The molecule has 0 fully saturated rings. The molecule has 0 N–H and O–H groups in total. The van der Waals surface area contributed by atoms with Crippen molar-refractivity contribution < 1.29 is 13.6 Å². The van der Waals surface area contributed by atoms with Crippen LogP contribution >= 0.6 is 0 Å². The number of furan rings is 1. The molecule has 1 aromatic carbocycles. The third kappa shape index (κ3) is 2.12. The lowest BCUT2D eigenvalue weighted by Gasteiger charge is -1.95. The highest BCUT2D eigenvalue weighted by molar-refractivity contribution is 6.09. The van der Waals surface area contributed by atoms with Crippen molar-refractivity contribution in [2.75, 3.05) is 0 Å². The maximum absolute atomic E-state index is 13.3. The van der Waals surface area contributed by atoms with Crippen LogP contribution in [-0.4, -0.2) is 20.8 Å². The van der Waals surface area contributed by atoms with E-state index in [4.69, 9.17) is 4.42 Å². The van der Waals surface area contributed by atoms with E-state index in [0.717, 1.165) is 0 Å². The van der Waals surface area contributed by atoms with Crippen LogP contribution in [0.4, 0.5) is 4.39 Å². The monoisotopic (exact) mass is 287 g/mol. The molecule has 0 unspecified atom stereocenters. The van der Waals surface area contributed by atoms with Gasteiger partial charge in [-0.15, -0.1) is 5.10 Å². The summed E-state index contributed by atoms with van der Waals surface area (Å²) in [5.41, 5.74) is 1.91. The van der Waals surface area contributed by atoms with Gasteiger partial charge in [-0.2, -0.15) is 9.90 Å². The minimum atomic E-state index is -0.362. The van der Waals surface area contributed by atoms with Crippen molar-refractivity contribution in [3.05, 3.63) is 46.7 Å². The Morgan fingerprint density at radius 1 is 1.33 bits per heavy atom. The van der Waals surface area contributed by atoms with Gasteiger partial charge in [0, 0.05) is 10.9 Å². The van der Waals surface area contributed by atoms with Crippen molar-refractivity contribution in [2.24, 2.45) is 0 Å². The molecule has 0 aliphatic rings. The summed E-state index contributed by atoms with van der Waals surface area (Å²) in [5, 5.41) is 8.91. The second-order valence-corrected chi connectivity index (χ2v) is 4.85. The van der Waals surface area contributed by atoms with Gasteiger partial charge in [0.05, 0.1) is 12.2 Å². The molecule has 0 atom stereocenters. The topological polar surface area (TPSA) is 60.9 Å². The molecule has 0 aliphatic carbocycles. The molecule has 5 nitrogen and oxygen atoms in total. The standard InChI is InChI=1S/C15H14FN3O2/c1-4-19-17-9(3)13(18-19)14(20)15-8(2)11-7-10(16)5-6-12(11)21-15/h5-7H,4H2,1-3H3. The molecule has 0 saturated heterocycles. The Bertz CT molecular complexity index is 848. The van der Waals surface area contributed by atoms with Gasteiger partial charge >= 0.3 is 0 Å². The summed E-state index contributed by atoms with van der Waals surface area (Å²) in [6.45, 7) is 5.93. The zero-order valence-corrected chi connectivity index (χ0v) is 12.0. The highest BCUT2D eigenvalue weighted by Gasteiger charge is 2.24. The highest BCUT2D eigenvalue weighted by Crippen LogP contribution is 2.27. The summed E-state index contributed by atoms with van der Waals surface area (Å²) in [6.07, 6.45) is 0. The number of carbonyl (C=O) groups is 1. The number of aromatic nitrogens is 3. The van der Waals surface area contributed by atoms with E-state index in [-0.39, 0.29) is 23.1 Å². The lowest BCUT2D eigenvalue weighted by molar-refractivity contribution is 0.100. The predicted molar refractivity (Wildman–Crippen MR) is 74.8 cm³/mol. The lowest BCUT2D eigenvalue weighted by atomic mass is 10.1. The molecule has 0 amide bonds. The second-order valence-electron chi connectivity index (χ2n) is 4.85. The molecule has 3 rings (SSSR count). The number of hydrogen-bond acceptors (Lipinski definition) is 4. The molecule has 2 aromatic heterocycles. The van der Waals surface area contributed by atoms with Gasteiger partial charge < -0.3 is 4.42 Å². The Balaban J connectivity index is 2.13. The fourth-order valence-electron chi connectivity index (χ4n) is 2.30. The number of carbonyl (C=O) groups excluding carboxylic acids is 1. The quantitative estimate of drug-likeness (QED) is 0.695. The number of rotatable bonds is 3. The van der Waals surface area contributed by atoms with Crippen molar-refractivity contribution in [3.8, 4) is 0 Å². The molecular formula is C15H14FN3O2. The number of halogens is 1. The summed E-state index contributed by atoms with van der Waals surface area (Å²) < 4.78 is 18.9. The average molecular weight is 287 g/mol. The van der Waals surface area contributed by atoms with E-state index in [0.29, 0.717) is 28.8 Å².